The van der Waals surface area contributed by atoms with Gasteiger partial charge in [0.25, 0.3) is 5.56 Å². The van der Waals surface area contributed by atoms with Gasteiger partial charge in [-0.1, -0.05) is 11.6 Å². The van der Waals surface area contributed by atoms with Gasteiger partial charge in [-0.05, 0) is 25.1 Å². The molecule has 0 aliphatic carbocycles. The van der Waals surface area contributed by atoms with E-state index in [-0.39, 0.29) is 17.5 Å². The molecule has 0 unspecified atom stereocenters. The van der Waals surface area contributed by atoms with Crippen molar-refractivity contribution in [3.8, 4) is 5.75 Å². The van der Waals surface area contributed by atoms with Gasteiger partial charge >= 0.3 is 0 Å². The van der Waals surface area contributed by atoms with E-state index in [1.54, 1.807) is 24.3 Å². The second-order valence-electron chi connectivity index (χ2n) is 5.94. The predicted octanol–water partition coefficient (Wildman–Crippen LogP) is 3.11. The van der Waals surface area contributed by atoms with Gasteiger partial charge in [0.05, 0.1) is 23.7 Å². The summed E-state index contributed by atoms with van der Waals surface area (Å²) in [5.74, 6) is 0.924. The number of nitrogens with zero attached hydrogens (tertiary/aromatic N) is 2. The normalized spacial score (nSPS) is 11.9. The number of aromatic amines is 1. The Labute approximate surface area is 159 Å². The second kappa shape index (κ2) is 7.63. The first-order valence-corrected chi connectivity index (χ1v) is 8.53. The molecular weight excluding hydrogens is 370 g/mol. The van der Waals surface area contributed by atoms with Crippen LogP contribution < -0.4 is 20.9 Å². The van der Waals surface area contributed by atoms with E-state index in [9.17, 15) is 9.59 Å². The number of amides is 1. The number of fused-ring (bicyclic) bond motifs is 1. The van der Waals surface area contributed by atoms with Crippen LogP contribution in [0.25, 0.3) is 10.9 Å². The predicted molar refractivity (Wildman–Crippen MR) is 105 cm³/mol. The fraction of sp³-hybridized carbons (Fsp3) is 0.222. The molecular formula is C18H18ClN5O3. The molecule has 1 aromatic carbocycles. The molecule has 0 saturated heterocycles. The van der Waals surface area contributed by atoms with Crippen LogP contribution in [-0.4, -0.2) is 28.0 Å². The number of pyridine rings is 1. The minimum atomic E-state index is -0.383. The number of methoxy groups -OCH3 is 1. The van der Waals surface area contributed by atoms with Crippen molar-refractivity contribution in [2.45, 2.75) is 19.9 Å². The first kappa shape index (κ1) is 18.7. The largest absolute Gasteiger partial charge is 0.495 e. The molecule has 8 nitrogen and oxygen atoms in total. The highest BCUT2D eigenvalue weighted by atomic mass is 35.5. The molecule has 2 aromatic heterocycles. The third-order valence-electron chi connectivity index (χ3n) is 3.92. The summed E-state index contributed by atoms with van der Waals surface area (Å²) in [6.07, 6.45) is 1.52. The fourth-order valence-corrected chi connectivity index (χ4v) is 2.90. The number of anilines is 2. The highest BCUT2D eigenvalue weighted by Crippen LogP contribution is 2.29. The monoisotopic (exact) mass is 387 g/mol. The molecule has 3 aromatic rings. The molecule has 3 N–H and O–H groups in total. The van der Waals surface area contributed by atoms with Crippen LogP contribution in [0.5, 0.6) is 5.75 Å². The summed E-state index contributed by atoms with van der Waals surface area (Å²) in [6.45, 7) is 3.21. The average molecular weight is 388 g/mol. The SMILES string of the molecule is COc1cc2[nH]c(=O)c([C@H](C)Nc3nccc(NC(C)=O)n3)cc2cc1Cl. The Morgan fingerprint density at radius 2 is 2.11 bits per heavy atom. The summed E-state index contributed by atoms with van der Waals surface area (Å²) >= 11 is 6.18. The fourth-order valence-electron chi connectivity index (χ4n) is 2.65. The van der Waals surface area contributed by atoms with Gasteiger partial charge < -0.3 is 20.4 Å². The van der Waals surface area contributed by atoms with Crippen molar-refractivity contribution in [3.05, 3.63) is 51.4 Å². The number of aromatic nitrogens is 3. The van der Waals surface area contributed by atoms with E-state index in [0.717, 1.165) is 5.39 Å². The number of nitrogens with one attached hydrogen (secondary N) is 3. The number of carbonyl (C=O) groups excluding carboxylic acids is 1. The maximum atomic E-state index is 12.5. The molecule has 2 heterocycles. The minimum absolute atomic E-state index is 0.231. The number of hydrogen-bond acceptors (Lipinski definition) is 6. The standard InChI is InChI=1S/C18H18ClN5O3/c1-9(21-18-20-5-4-16(24-18)22-10(2)25)12-6-11-7-13(19)15(27-3)8-14(11)23-17(12)26/h4-9H,1-3H3,(H,23,26)(H2,20,21,22,24,25)/t9-/m0/s1. The van der Waals surface area contributed by atoms with Gasteiger partial charge in [0, 0.05) is 30.1 Å². The Hall–Kier alpha value is -3.13. The molecule has 3 rings (SSSR count). The van der Waals surface area contributed by atoms with Gasteiger partial charge in [0.2, 0.25) is 11.9 Å². The molecule has 1 atom stereocenters. The number of hydrogen-bond donors (Lipinski definition) is 3. The Balaban J connectivity index is 1.91. The van der Waals surface area contributed by atoms with Gasteiger partial charge in [-0.2, -0.15) is 4.98 Å². The van der Waals surface area contributed by atoms with E-state index < -0.39 is 0 Å². The lowest BCUT2D eigenvalue weighted by Gasteiger charge is -2.15. The van der Waals surface area contributed by atoms with E-state index in [4.69, 9.17) is 16.3 Å². The van der Waals surface area contributed by atoms with Crippen molar-refractivity contribution in [1.29, 1.82) is 0 Å². The molecule has 140 valence electrons. The average Bonchev–Trinajstić information content (AvgIpc) is 2.60. The smallest absolute Gasteiger partial charge is 0.253 e. The zero-order chi connectivity index (χ0) is 19.6. The maximum absolute atomic E-state index is 12.5. The molecule has 9 heteroatoms. The van der Waals surface area contributed by atoms with Gasteiger partial charge in [-0.25, -0.2) is 4.98 Å². The Morgan fingerprint density at radius 3 is 2.81 bits per heavy atom. The number of carbonyl (C=O) groups is 1. The van der Waals surface area contributed by atoms with Gasteiger partial charge in [-0.3, -0.25) is 9.59 Å². The van der Waals surface area contributed by atoms with Crippen molar-refractivity contribution >= 4 is 40.2 Å². The van der Waals surface area contributed by atoms with Crippen LogP contribution in [0.15, 0.2) is 35.3 Å². The molecule has 0 saturated carbocycles. The van der Waals surface area contributed by atoms with E-state index in [1.807, 2.05) is 6.92 Å². The lowest BCUT2D eigenvalue weighted by atomic mass is 10.1. The van der Waals surface area contributed by atoms with Crippen LogP contribution in [0.4, 0.5) is 11.8 Å². The Morgan fingerprint density at radius 1 is 1.33 bits per heavy atom. The van der Waals surface area contributed by atoms with E-state index in [2.05, 4.69) is 25.6 Å². The summed E-state index contributed by atoms with van der Waals surface area (Å²) in [5, 5.41) is 6.88. The highest BCUT2D eigenvalue weighted by Gasteiger charge is 2.14. The number of rotatable bonds is 5. The quantitative estimate of drug-likeness (QED) is 0.620. The van der Waals surface area contributed by atoms with Crippen molar-refractivity contribution in [2.24, 2.45) is 0 Å². The number of H-pyrrole nitrogens is 1. The second-order valence-corrected chi connectivity index (χ2v) is 6.35. The molecule has 0 fully saturated rings. The van der Waals surface area contributed by atoms with Crippen molar-refractivity contribution in [2.75, 3.05) is 17.7 Å². The Kier molecular flexibility index (Phi) is 5.27. The lowest BCUT2D eigenvalue weighted by molar-refractivity contribution is -0.114. The van der Waals surface area contributed by atoms with E-state index in [1.165, 1.54) is 20.2 Å². The third kappa shape index (κ3) is 4.17. The molecule has 1 amide bonds. The molecule has 0 radical (unpaired) electrons. The molecule has 0 aliphatic rings. The summed E-state index contributed by atoms with van der Waals surface area (Å²) in [4.78, 5) is 34.8. The molecule has 0 bridgehead atoms. The molecule has 0 spiro atoms. The van der Waals surface area contributed by atoms with Crippen LogP contribution in [-0.2, 0) is 4.79 Å². The van der Waals surface area contributed by atoms with Crippen LogP contribution in [0, 0.1) is 0 Å². The summed E-state index contributed by atoms with van der Waals surface area (Å²) in [5.41, 5.74) is 0.878. The van der Waals surface area contributed by atoms with E-state index >= 15 is 0 Å². The number of halogens is 1. The first-order valence-electron chi connectivity index (χ1n) is 8.15. The van der Waals surface area contributed by atoms with Crippen molar-refractivity contribution < 1.29 is 9.53 Å². The molecule has 27 heavy (non-hydrogen) atoms. The van der Waals surface area contributed by atoms with Crippen LogP contribution in [0.2, 0.25) is 5.02 Å². The summed E-state index contributed by atoms with van der Waals surface area (Å²) in [7, 11) is 1.51. The topological polar surface area (TPSA) is 109 Å². The summed E-state index contributed by atoms with van der Waals surface area (Å²) in [6, 6.07) is 6.37. The van der Waals surface area contributed by atoms with Crippen molar-refractivity contribution in [1.82, 2.24) is 15.0 Å². The van der Waals surface area contributed by atoms with Crippen LogP contribution in [0.3, 0.4) is 0 Å². The van der Waals surface area contributed by atoms with Crippen LogP contribution >= 0.6 is 11.6 Å². The molecule has 0 aliphatic heterocycles. The van der Waals surface area contributed by atoms with Gasteiger partial charge in [-0.15, -0.1) is 0 Å². The van der Waals surface area contributed by atoms with Gasteiger partial charge in [0.15, 0.2) is 0 Å². The Bertz CT molecular complexity index is 1070. The minimum Gasteiger partial charge on any atom is -0.495 e. The van der Waals surface area contributed by atoms with Gasteiger partial charge in [0.1, 0.15) is 11.6 Å². The lowest BCUT2D eigenvalue weighted by Crippen LogP contribution is -2.20. The number of benzene rings is 1. The highest BCUT2D eigenvalue weighted by molar-refractivity contribution is 6.32. The van der Waals surface area contributed by atoms with Crippen LogP contribution in [0.1, 0.15) is 25.5 Å². The van der Waals surface area contributed by atoms with Crippen molar-refractivity contribution in [3.63, 3.8) is 0 Å². The zero-order valence-corrected chi connectivity index (χ0v) is 15.7. The first-order chi connectivity index (χ1) is 12.9. The third-order valence-corrected chi connectivity index (χ3v) is 4.21. The maximum Gasteiger partial charge on any atom is 0.253 e. The number of ether oxygens (including phenoxy) is 1. The zero-order valence-electron chi connectivity index (χ0n) is 15.0. The van der Waals surface area contributed by atoms with E-state index in [0.29, 0.717) is 33.6 Å². The summed E-state index contributed by atoms with van der Waals surface area (Å²) < 4.78 is 5.18.